The average molecular weight is 414 g/mol. The lowest BCUT2D eigenvalue weighted by Gasteiger charge is -2.18. The topological polar surface area (TPSA) is 108 Å². The maximum Gasteiger partial charge on any atom is 0.243 e. The van der Waals surface area contributed by atoms with Crippen molar-refractivity contribution < 1.29 is 19.6 Å². The molecule has 1 rings (SSSR count). The third kappa shape index (κ3) is 8.76. The number of carbonyl (C=O) groups is 3. The van der Waals surface area contributed by atoms with Crippen LogP contribution in [0.5, 0.6) is 0 Å². The maximum absolute atomic E-state index is 12.5. The molecule has 0 saturated carbocycles. The lowest BCUT2D eigenvalue weighted by molar-refractivity contribution is -0.129. The van der Waals surface area contributed by atoms with Gasteiger partial charge >= 0.3 is 0 Å². The third-order valence-electron chi connectivity index (χ3n) is 3.62. The first-order valence-electron chi connectivity index (χ1n) is 8.20. The molecule has 1 aromatic carbocycles. The van der Waals surface area contributed by atoms with E-state index in [-0.39, 0.29) is 24.7 Å². The van der Waals surface area contributed by atoms with Crippen LogP contribution in [0.4, 0.5) is 5.69 Å². The fourth-order valence-electron chi connectivity index (χ4n) is 2.17. The molecule has 0 saturated heterocycles. The van der Waals surface area contributed by atoms with Gasteiger partial charge in [0.1, 0.15) is 5.78 Å². The van der Waals surface area contributed by atoms with Crippen molar-refractivity contribution in [2.75, 3.05) is 11.9 Å². The molecule has 1 aromatic rings. The fourth-order valence-corrected chi connectivity index (χ4v) is 2.57. The number of unbranched alkanes of at least 4 members (excludes halogenated alkanes) is 1. The summed E-state index contributed by atoms with van der Waals surface area (Å²) < 4.78 is 0.853. The van der Waals surface area contributed by atoms with Gasteiger partial charge < -0.3 is 5.32 Å². The Morgan fingerprint density at radius 2 is 2.00 bits per heavy atom. The highest BCUT2D eigenvalue weighted by Crippen LogP contribution is 2.16. The van der Waals surface area contributed by atoms with Crippen molar-refractivity contribution in [3.8, 4) is 0 Å². The Balaban J connectivity index is 2.60. The summed E-state index contributed by atoms with van der Waals surface area (Å²) in [7, 11) is 0. The summed E-state index contributed by atoms with van der Waals surface area (Å²) in [6, 6.07) is 6.71. The Bertz CT molecular complexity index is 595. The van der Waals surface area contributed by atoms with Crippen LogP contribution in [0.3, 0.4) is 0 Å². The van der Waals surface area contributed by atoms with E-state index in [9.17, 15) is 14.4 Å². The van der Waals surface area contributed by atoms with Gasteiger partial charge in [0, 0.05) is 23.0 Å². The Labute approximate surface area is 155 Å². The van der Waals surface area contributed by atoms with Gasteiger partial charge in [-0.05, 0) is 31.0 Å². The summed E-state index contributed by atoms with van der Waals surface area (Å²) in [4.78, 5) is 35.0. The predicted molar refractivity (Wildman–Crippen MR) is 98.3 cm³/mol. The monoisotopic (exact) mass is 413 g/mol. The zero-order chi connectivity index (χ0) is 18.7. The van der Waals surface area contributed by atoms with Gasteiger partial charge in [-0.1, -0.05) is 35.3 Å². The minimum atomic E-state index is -0.535. The van der Waals surface area contributed by atoms with E-state index in [1.165, 1.54) is 0 Å². The predicted octanol–water partition coefficient (Wildman–Crippen LogP) is 2.39. The molecule has 8 heteroatoms. The quantitative estimate of drug-likeness (QED) is 0.253. The number of amides is 2. The first kappa shape index (κ1) is 21.3. The highest BCUT2D eigenvalue weighted by atomic mass is 79.9. The second kappa shape index (κ2) is 11.7. The van der Waals surface area contributed by atoms with Gasteiger partial charge in [-0.2, -0.15) is 0 Å². The molecule has 0 radical (unpaired) electrons. The molecule has 0 aliphatic heterocycles. The van der Waals surface area contributed by atoms with Crippen LogP contribution < -0.4 is 16.1 Å². The fraction of sp³-hybridized carbons (Fsp3) is 0.471. The van der Waals surface area contributed by atoms with Crippen LogP contribution >= 0.6 is 15.9 Å². The molecule has 25 heavy (non-hydrogen) atoms. The zero-order valence-electron chi connectivity index (χ0n) is 14.2. The summed E-state index contributed by atoms with van der Waals surface area (Å²) in [5.41, 5.74) is 2.24. The average Bonchev–Trinajstić information content (AvgIpc) is 2.60. The molecule has 2 amide bonds. The van der Waals surface area contributed by atoms with E-state index in [1.54, 1.807) is 24.5 Å². The molecule has 0 aliphatic carbocycles. The molecule has 0 heterocycles. The number of rotatable bonds is 11. The molecule has 7 nitrogen and oxygen atoms in total. The number of anilines is 1. The lowest BCUT2D eigenvalue weighted by atomic mass is 10.1. The van der Waals surface area contributed by atoms with E-state index in [1.807, 2.05) is 12.1 Å². The second-order valence-corrected chi connectivity index (χ2v) is 6.52. The molecule has 0 spiro atoms. The Morgan fingerprint density at radius 3 is 2.64 bits per heavy atom. The highest BCUT2D eigenvalue weighted by molar-refractivity contribution is 9.10. The number of hydrogen-bond acceptors (Lipinski definition) is 5. The first-order valence-corrected chi connectivity index (χ1v) is 9.00. The molecule has 1 atom stereocenters. The SMILES string of the molecule is CCC(=O)CNC(CCCCC(=O)NO)C(=O)Nc1cccc(Br)c1. The van der Waals surface area contributed by atoms with Crippen molar-refractivity contribution in [2.24, 2.45) is 0 Å². The van der Waals surface area contributed by atoms with Gasteiger partial charge in [0.25, 0.3) is 0 Å². The van der Waals surface area contributed by atoms with Crippen molar-refractivity contribution in [3.63, 3.8) is 0 Å². The number of hydroxylamine groups is 1. The number of nitrogens with one attached hydrogen (secondary N) is 3. The largest absolute Gasteiger partial charge is 0.325 e. The van der Waals surface area contributed by atoms with Crippen LogP contribution in [-0.2, 0) is 14.4 Å². The van der Waals surface area contributed by atoms with Crippen molar-refractivity contribution in [3.05, 3.63) is 28.7 Å². The van der Waals surface area contributed by atoms with Gasteiger partial charge in [0.15, 0.2) is 0 Å². The molecule has 0 fully saturated rings. The van der Waals surface area contributed by atoms with Crippen molar-refractivity contribution in [2.45, 2.75) is 45.1 Å². The Hall–Kier alpha value is -1.77. The third-order valence-corrected chi connectivity index (χ3v) is 4.11. The summed E-state index contributed by atoms with van der Waals surface area (Å²) >= 11 is 3.35. The number of hydrogen-bond donors (Lipinski definition) is 4. The minimum absolute atomic E-state index is 0.0277. The highest BCUT2D eigenvalue weighted by Gasteiger charge is 2.19. The standard InChI is InChI=1S/C17H24BrN3O4/c1-2-14(22)11-19-15(8-3-4-9-16(23)21-25)17(24)20-13-7-5-6-12(18)10-13/h5-7,10,15,19,25H,2-4,8-9,11H2,1H3,(H,20,24)(H,21,23). The van der Waals surface area contributed by atoms with Crippen molar-refractivity contribution in [1.82, 2.24) is 10.8 Å². The van der Waals surface area contributed by atoms with E-state index in [4.69, 9.17) is 5.21 Å². The van der Waals surface area contributed by atoms with E-state index < -0.39 is 11.9 Å². The van der Waals surface area contributed by atoms with Crippen LogP contribution in [0.1, 0.15) is 39.0 Å². The number of halogens is 1. The smallest absolute Gasteiger partial charge is 0.243 e. The minimum Gasteiger partial charge on any atom is -0.325 e. The molecule has 0 bridgehead atoms. The Kier molecular flexibility index (Phi) is 9.98. The van der Waals surface area contributed by atoms with Crippen LogP contribution in [0.25, 0.3) is 0 Å². The van der Waals surface area contributed by atoms with Crippen molar-refractivity contribution >= 4 is 39.2 Å². The lowest BCUT2D eigenvalue weighted by Crippen LogP contribution is -2.42. The van der Waals surface area contributed by atoms with Gasteiger partial charge in [-0.15, -0.1) is 0 Å². The van der Waals surface area contributed by atoms with Crippen molar-refractivity contribution in [1.29, 1.82) is 0 Å². The summed E-state index contributed by atoms with van der Waals surface area (Å²) in [5, 5.41) is 14.3. The number of carbonyl (C=O) groups excluding carboxylic acids is 3. The molecule has 4 N–H and O–H groups in total. The normalized spacial score (nSPS) is 11.6. The van der Waals surface area contributed by atoms with E-state index >= 15 is 0 Å². The van der Waals surface area contributed by atoms with E-state index in [0.717, 1.165) is 4.47 Å². The summed E-state index contributed by atoms with van der Waals surface area (Å²) in [5.74, 6) is -0.655. The first-order chi connectivity index (χ1) is 12.0. The van der Waals surface area contributed by atoms with Crippen LogP contribution in [0.15, 0.2) is 28.7 Å². The molecule has 0 aromatic heterocycles. The Morgan fingerprint density at radius 1 is 1.24 bits per heavy atom. The molecule has 1 unspecified atom stereocenters. The number of benzene rings is 1. The van der Waals surface area contributed by atoms with Crippen LogP contribution in [0, 0.1) is 0 Å². The molecule has 138 valence electrons. The number of ketones is 1. The second-order valence-electron chi connectivity index (χ2n) is 5.61. The molecular weight excluding hydrogens is 390 g/mol. The van der Waals surface area contributed by atoms with Gasteiger partial charge in [0.05, 0.1) is 12.6 Å². The van der Waals surface area contributed by atoms with E-state index in [2.05, 4.69) is 26.6 Å². The summed E-state index contributed by atoms with van der Waals surface area (Å²) in [6.07, 6.45) is 2.22. The maximum atomic E-state index is 12.5. The van der Waals surface area contributed by atoms with Gasteiger partial charge in [-0.25, -0.2) is 5.48 Å². The van der Waals surface area contributed by atoms with Gasteiger partial charge in [-0.3, -0.25) is 24.9 Å². The number of Topliss-reactive ketones (excluding diaryl/α,β-unsaturated/α-hetero) is 1. The summed E-state index contributed by atoms with van der Waals surface area (Å²) in [6.45, 7) is 1.90. The van der Waals surface area contributed by atoms with Crippen LogP contribution in [-0.4, -0.2) is 35.4 Å². The molecule has 0 aliphatic rings. The van der Waals surface area contributed by atoms with E-state index in [0.29, 0.717) is 31.4 Å². The molecular formula is C17H24BrN3O4. The zero-order valence-corrected chi connectivity index (χ0v) is 15.8. The van der Waals surface area contributed by atoms with Gasteiger partial charge in [0.2, 0.25) is 11.8 Å². The van der Waals surface area contributed by atoms with Crippen LogP contribution in [0.2, 0.25) is 0 Å².